The molecule has 6 heteroatoms. The van der Waals surface area contributed by atoms with Crippen LogP contribution in [0.3, 0.4) is 0 Å². The summed E-state index contributed by atoms with van der Waals surface area (Å²) >= 11 is 0. The van der Waals surface area contributed by atoms with Gasteiger partial charge in [0.1, 0.15) is 5.69 Å². The van der Waals surface area contributed by atoms with Crippen LogP contribution >= 0.6 is 0 Å². The van der Waals surface area contributed by atoms with E-state index in [1.54, 1.807) is 32.2 Å². The second-order valence-electron chi connectivity index (χ2n) is 3.33. The number of hydrogen-bond acceptors (Lipinski definition) is 4. The molecule has 0 aliphatic carbocycles. The van der Waals surface area contributed by atoms with E-state index in [2.05, 4.69) is 10.1 Å². The lowest BCUT2D eigenvalue weighted by Crippen LogP contribution is -2.44. The average Bonchev–Trinajstić information content (AvgIpc) is 2.36. The molecule has 0 aromatic carbocycles. The summed E-state index contributed by atoms with van der Waals surface area (Å²) in [6.45, 7) is 1.66. The van der Waals surface area contributed by atoms with E-state index in [0.29, 0.717) is 5.69 Å². The van der Waals surface area contributed by atoms with Crippen LogP contribution < -0.4 is 5.73 Å². The molecule has 0 fully saturated rings. The second-order valence-corrected chi connectivity index (χ2v) is 3.33. The summed E-state index contributed by atoms with van der Waals surface area (Å²) in [5, 5.41) is 11.4. The van der Waals surface area contributed by atoms with Gasteiger partial charge in [0.15, 0.2) is 5.84 Å². The highest BCUT2D eigenvalue weighted by atomic mass is 16.4. The van der Waals surface area contributed by atoms with Gasteiger partial charge in [-0.2, -0.15) is 0 Å². The number of aromatic nitrogens is 1. The fourth-order valence-electron chi connectivity index (χ4n) is 1.13. The SMILES string of the molecule is CC(C(N)=NO)N(C)C(=O)c1ccccn1. The first-order valence-electron chi connectivity index (χ1n) is 4.73. The zero-order chi connectivity index (χ0) is 12.1. The molecule has 1 aromatic rings. The Kier molecular flexibility index (Phi) is 3.82. The normalized spacial score (nSPS) is 13.2. The van der Waals surface area contributed by atoms with Crippen LogP contribution in [0.25, 0.3) is 0 Å². The van der Waals surface area contributed by atoms with Gasteiger partial charge in [-0.25, -0.2) is 0 Å². The Labute approximate surface area is 93.4 Å². The van der Waals surface area contributed by atoms with Crippen molar-refractivity contribution in [3.05, 3.63) is 30.1 Å². The van der Waals surface area contributed by atoms with E-state index in [9.17, 15) is 4.79 Å². The summed E-state index contributed by atoms with van der Waals surface area (Å²) in [6.07, 6.45) is 1.54. The number of pyridine rings is 1. The molecule has 1 amide bonds. The van der Waals surface area contributed by atoms with E-state index in [0.717, 1.165) is 0 Å². The van der Waals surface area contributed by atoms with E-state index < -0.39 is 6.04 Å². The topological polar surface area (TPSA) is 91.8 Å². The first-order chi connectivity index (χ1) is 7.57. The molecule has 1 unspecified atom stereocenters. The summed E-state index contributed by atoms with van der Waals surface area (Å²) < 4.78 is 0. The fraction of sp³-hybridized carbons (Fsp3) is 0.300. The van der Waals surface area contributed by atoms with Crippen molar-refractivity contribution in [3.8, 4) is 0 Å². The Hall–Kier alpha value is -2.11. The van der Waals surface area contributed by atoms with Crippen LogP contribution in [-0.4, -0.2) is 39.9 Å². The fourth-order valence-corrected chi connectivity index (χ4v) is 1.13. The molecule has 1 atom stereocenters. The molecular weight excluding hydrogens is 208 g/mol. The lowest BCUT2D eigenvalue weighted by Gasteiger charge is -2.23. The Morgan fingerprint density at radius 3 is 2.81 bits per heavy atom. The Morgan fingerprint density at radius 2 is 2.31 bits per heavy atom. The third-order valence-electron chi connectivity index (χ3n) is 2.33. The number of carbonyl (C=O) groups excluding carboxylic acids is 1. The molecule has 6 nitrogen and oxygen atoms in total. The third kappa shape index (κ3) is 2.47. The maximum absolute atomic E-state index is 11.9. The van der Waals surface area contributed by atoms with Gasteiger partial charge in [-0.15, -0.1) is 0 Å². The minimum atomic E-state index is -0.487. The van der Waals surface area contributed by atoms with Crippen molar-refractivity contribution in [2.75, 3.05) is 7.05 Å². The third-order valence-corrected chi connectivity index (χ3v) is 2.33. The minimum Gasteiger partial charge on any atom is -0.409 e. The van der Waals surface area contributed by atoms with E-state index in [-0.39, 0.29) is 11.7 Å². The standard InChI is InChI=1S/C10H14N4O2/c1-7(9(11)13-16)14(2)10(15)8-5-3-4-6-12-8/h3-7,16H,1-2H3,(H2,11,13). The smallest absolute Gasteiger partial charge is 0.272 e. The minimum absolute atomic E-state index is 0.0215. The van der Waals surface area contributed by atoms with Crippen LogP contribution in [0.2, 0.25) is 0 Å². The summed E-state index contributed by atoms with van der Waals surface area (Å²) in [6, 6.07) is 4.57. The van der Waals surface area contributed by atoms with Crippen LogP contribution in [-0.2, 0) is 0 Å². The summed E-state index contributed by atoms with van der Waals surface area (Å²) in [5.74, 6) is -0.300. The van der Waals surface area contributed by atoms with Crippen molar-refractivity contribution < 1.29 is 10.0 Å². The Balaban J connectivity index is 2.83. The van der Waals surface area contributed by atoms with Crippen molar-refractivity contribution in [3.63, 3.8) is 0 Å². The molecule has 1 aromatic heterocycles. The highest BCUT2D eigenvalue weighted by molar-refractivity contribution is 5.96. The summed E-state index contributed by atoms with van der Waals surface area (Å²) in [7, 11) is 1.57. The van der Waals surface area contributed by atoms with E-state index in [4.69, 9.17) is 10.9 Å². The van der Waals surface area contributed by atoms with E-state index >= 15 is 0 Å². The van der Waals surface area contributed by atoms with Gasteiger partial charge in [0.2, 0.25) is 0 Å². The molecule has 1 rings (SSSR count). The highest BCUT2D eigenvalue weighted by Crippen LogP contribution is 2.03. The monoisotopic (exact) mass is 222 g/mol. The molecule has 0 spiro atoms. The molecule has 0 bridgehead atoms. The molecule has 3 N–H and O–H groups in total. The molecule has 0 saturated heterocycles. The number of nitrogens with zero attached hydrogens (tertiary/aromatic N) is 3. The van der Waals surface area contributed by atoms with E-state index in [1.807, 2.05) is 0 Å². The zero-order valence-electron chi connectivity index (χ0n) is 9.16. The van der Waals surface area contributed by atoms with Gasteiger partial charge in [0, 0.05) is 13.2 Å². The number of oxime groups is 1. The Bertz CT molecular complexity index is 391. The van der Waals surface area contributed by atoms with Crippen LogP contribution in [0.15, 0.2) is 29.6 Å². The van der Waals surface area contributed by atoms with E-state index in [1.165, 1.54) is 11.1 Å². The van der Waals surface area contributed by atoms with Crippen LogP contribution in [0, 0.1) is 0 Å². The van der Waals surface area contributed by atoms with Crippen molar-refractivity contribution in [2.24, 2.45) is 10.9 Å². The maximum atomic E-state index is 11.9. The maximum Gasteiger partial charge on any atom is 0.272 e. The molecule has 1 heterocycles. The molecule has 0 aliphatic rings. The van der Waals surface area contributed by atoms with Crippen molar-refractivity contribution in [2.45, 2.75) is 13.0 Å². The van der Waals surface area contributed by atoms with Crippen molar-refractivity contribution in [1.82, 2.24) is 9.88 Å². The van der Waals surface area contributed by atoms with Crippen LogP contribution in [0.1, 0.15) is 17.4 Å². The van der Waals surface area contributed by atoms with Crippen molar-refractivity contribution >= 4 is 11.7 Å². The largest absolute Gasteiger partial charge is 0.409 e. The van der Waals surface area contributed by atoms with Gasteiger partial charge < -0.3 is 15.8 Å². The van der Waals surface area contributed by atoms with Gasteiger partial charge in [-0.3, -0.25) is 9.78 Å². The molecule has 16 heavy (non-hydrogen) atoms. The van der Waals surface area contributed by atoms with Gasteiger partial charge in [0.05, 0.1) is 6.04 Å². The molecule has 0 radical (unpaired) electrons. The zero-order valence-corrected chi connectivity index (χ0v) is 9.16. The highest BCUT2D eigenvalue weighted by Gasteiger charge is 2.21. The number of hydrogen-bond donors (Lipinski definition) is 2. The number of nitrogens with two attached hydrogens (primary N) is 1. The average molecular weight is 222 g/mol. The van der Waals surface area contributed by atoms with Crippen molar-refractivity contribution in [1.29, 1.82) is 0 Å². The lowest BCUT2D eigenvalue weighted by molar-refractivity contribution is 0.0770. The quantitative estimate of drug-likeness (QED) is 0.333. The summed E-state index contributed by atoms with van der Waals surface area (Å²) in [5.41, 5.74) is 5.74. The number of likely N-dealkylation sites (N-methyl/N-ethyl adjacent to an activating group) is 1. The Morgan fingerprint density at radius 1 is 1.62 bits per heavy atom. The molecule has 0 aliphatic heterocycles. The molecule has 86 valence electrons. The van der Waals surface area contributed by atoms with Crippen LogP contribution in [0.5, 0.6) is 0 Å². The van der Waals surface area contributed by atoms with Gasteiger partial charge in [-0.05, 0) is 19.1 Å². The number of amidine groups is 1. The molecule has 0 saturated carbocycles. The number of amides is 1. The van der Waals surface area contributed by atoms with Gasteiger partial charge in [-0.1, -0.05) is 11.2 Å². The van der Waals surface area contributed by atoms with Gasteiger partial charge >= 0.3 is 0 Å². The van der Waals surface area contributed by atoms with Crippen LogP contribution in [0.4, 0.5) is 0 Å². The first-order valence-corrected chi connectivity index (χ1v) is 4.73. The molecular formula is C10H14N4O2. The second kappa shape index (κ2) is 5.11. The summed E-state index contributed by atoms with van der Waals surface area (Å²) in [4.78, 5) is 17.2. The lowest BCUT2D eigenvalue weighted by atomic mass is 10.2. The predicted molar refractivity (Wildman–Crippen MR) is 59.2 cm³/mol. The predicted octanol–water partition coefficient (Wildman–Crippen LogP) is 0.288. The number of carbonyl (C=O) groups is 1. The van der Waals surface area contributed by atoms with Gasteiger partial charge in [0.25, 0.3) is 5.91 Å². The number of rotatable bonds is 3. The first kappa shape index (κ1) is 12.0.